The zero-order chi connectivity index (χ0) is 11.3. The minimum absolute atomic E-state index is 0.186. The first-order valence-electron chi connectivity index (χ1n) is 4.91. The molecule has 16 heavy (non-hydrogen) atoms. The third kappa shape index (κ3) is 1.20. The fourth-order valence-electron chi connectivity index (χ4n) is 1.96. The third-order valence-corrected chi connectivity index (χ3v) is 2.95. The van der Waals surface area contributed by atoms with E-state index in [1.54, 1.807) is 18.2 Å². The fraction of sp³-hybridized carbons (Fsp3) is 0.182. The predicted molar refractivity (Wildman–Crippen MR) is 60.0 cm³/mol. The van der Waals surface area contributed by atoms with E-state index in [0.717, 1.165) is 4.57 Å². The highest BCUT2D eigenvalue weighted by Gasteiger charge is 2.23. The molecular formula is C11H7ClN2O2. The molecule has 1 aromatic heterocycles. The molecule has 3 rings (SSSR count). The van der Waals surface area contributed by atoms with Crippen molar-refractivity contribution in [2.24, 2.45) is 0 Å². The van der Waals surface area contributed by atoms with Gasteiger partial charge in [-0.1, -0.05) is 11.6 Å². The zero-order valence-electron chi connectivity index (χ0n) is 8.24. The molecule has 0 atom stereocenters. The lowest BCUT2D eigenvalue weighted by Crippen LogP contribution is -2.25. The van der Waals surface area contributed by atoms with Gasteiger partial charge in [0, 0.05) is 17.9 Å². The van der Waals surface area contributed by atoms with Crippen LogP contribution < -0.4 is 5.56 Å². The summed E-state index contributed by atoms with van der Waals surface area (Å²) in [7, 11) is 0. The van der Waals surface area contributed by atoms with Crippen LogP contribution in [0.4, 0.5) is 0 Å². The van der Waals surface area contributed by atoms with E-state index in [9.17, 15) is 9.59 Å². The maximum atomic E-state index is 12.0. The first-order chi connectivity index (χ1) is 7.66. The minimum Gasteiger partial charge on any atom is -0.274 e. The molecule has 5 heteroatoms. The number of aryl methyl sites for hydroxylation is 1. The van der Waals surface area contributed by atoms with Crippen molar-refractivity contribution < 1.29 is 4.79 Å². The van der Waals surface area contributed by atoms with Crippen molar-refractivity contribution in [2.75, 3.05) is 0 Å². The van der Waals surface area contributed by atoms with E-state index in [4.69, 9.17) is 11.6 Å². The molecule has 4 nitrogen and oxygen atoms in total. The van der Waals surface area contributed by atoms with E-state index in [2.05, 4.69) is 4.98 Å². The number of halogens is 1. The molecule has 0 saturated carbocycles. The maximum absolute atomic E-state index is 12.0. The zero-order valence-corrected chi connectivity index (χ0v) is 8.99. The van der Waals surface area contributed by atoms with Gasteiger partial charge in [0.2, 0.25) is 5.91 Å². The number of hydrogen-bond acceptors (Lipinski definition) is 3. The standard InChI is InChI=1S/C11H7ClN2O2/c12-6-1-2-8-7(5-6)11(16)14-9(13-8)3-4-10(14)15/h1-2,5H,3-4H2. The third-order valence-electron chi connectivity index (χ3n) is 2.71. The van der Waals surface area contributed by atoms with Crippen molar-refractivity contribution in [1.82, 2.24) is 9.55 Å². The molecule has 2 heterocycles. The second-order valence-corrected chi connectivity index (χ2v) is 4.16. The normalized spacial score (nSPS) is 14.4. The van der Waals surface area contributed by atoms with E-state index in [1.165, 1.54) is 0 Å². The van der Waals surface area contributed by atoms with Crippen molar-refractivity contribution in [1.29, 1.82) is 0 Å². The van der Waals surface area contributed by atoms with E-state index in [1.807, 2.05) is 0 Å². The van der Waals surface area contributed by atoms with Gasteiger partial charge in [-0.25, -0.2) is 9.55 Å². The molecule has 0 amide bonds. The predicted octanol–water partition coefficient (Wildman–Crippen LogP) is 1.64. The van der Waals surface area contributed by atoms with Crippen molar-refractivity contribution >= 4 is 28.4 Å². The van der Waals surface area contributed by atoms with Gasteiger partial charge >= 0.3 is 0 Å². The first-order valence-corrected chi connectivity index (χ1v) is 5.29. The lowest BCUT2D eigenvalue weighted by atomic mass is 10.2. The quantitative estimate of drug-likeness (QED) is 0.696. The van der Waals surface area contributed by atoms with Crippen LogP contribution in [-0.2, 0) is 6.42 Å². The van der Waals surface area contributed by atoms with Crippen LogP contribution in [0.5, 0.6) is 0 Å². The average Bonchev–Trinajstić information content (AvgIpc) is 2.62. The molecule has 2 aromatic rings. The van der Waals surface area contributed by atoms with Crippen LogP contribution in [0.1, 0.15) is 17.0 Å². The molecule has 1 aliphatic heterocycles. The van der Waals surface area contributed by atoms with Crippen LogP contribution in [0.25, 0.3) is 10.9 Å². The van der Waals surface area contributed by atoms with Gasteiger partial charge in [-0.2, -0.15) is 0 Å². The maximum Gasteiger partial charge on any atom is 0.268 e. The SMILES string of the molecule is O=C1CCc2nc3ccc(Cl)cc3c(=O)n21. The highest BCUT2D eigenvalue weighted by atomic mass is 35.5. The van der Waals surface area contributed by atoms with Gasteiger partial charge in [0.25, 0.3) is 5.56 Å². The van der Waals surface area contributed by atoms with E-state index >= 15 is 0 Å². The number of benzene rings is 1. The highest BCUT2D eigenvalue weighted by Crippen LogP contribution is 2.18. The second-order valence-electron chi connectivity index (χ2n) is 3.72. The average molecular weight is 235 g/mol. The van der Waals surface area contributed by atoms with Gasteiger partial charge in [0.1, 0.15) is 5.82 Å². The Morgan fingerprint density at radius 2 is 2.06 bits per heavy atom. The van der Waals surface area contributed by atoms with Crippen molar-refractivity contribution in [3.8, 4) is 0 Å². The molecule has 0 spiro atoms. The van der Waals surface area contributed by atoms with Crippen molar-refractivity contribution in [3.63, 3.8) is 0 Å². The van der Waals surface area contributed by atoms with Crippen LogP contribution in [0.15, 0.2) is 23.0 Å². The Labute approximate surface area is 95.5 Å². The summed E-state index contributed by atoms with van der Waals surface area (Å²) >= 11 is 5.82. The molecule has 0 radical (unpaired) electrons. The van der Waals surface area contributed by atoms with Crippen LogP contribution in [0.3, 0.4) is 0 Å². The summed E-state index contributed by atoms with van der Waals surface area (Å²) in [6, 6.07) is 4.93. The number of carbonyl (C=O) groups excluding carboxylic acids is 1. The molecule has 0 unspecified atom stereocenters. The van der Waals surface area contributed by atoms with Gasteiger partial charge in [0.05, 0.1) is 10.9 Å². The minimum atomic E-state index is -0.315. The Balaban J connectivity index is 2.49. The highest BCUT2D eigenvalue weighted by molar-refractivity contribution is 6.31. The van der Waals surface area contributed by atoms with Crippen molar-refractivity contribution in [3.05, 3.63) is 39.4 Å². The topological polar surface area (TPSA) is 52.0 Å². The van der Waals surface area contributed by atoms with Gasteiger partial charge in [-0.05, 0) is 18.2 Å². The monoisotopic (exact) mass is 234 g/mol. The van der Waals surface area contributed by atoms with Gasteiger partial charge in [0.15, 0.2) is 0 Å². The van der Waals surface area contributed by atoms with Gasteiger partial charge in [-0.3, -0.25) is 9.59 Å². The van der Waals surface area contributed by atoms with Crippen LogP contribution in [0.2, 0.25) is 5.02 Å². The molecule has 80 valence electrons. The van der Waals surface area contributed by atoms with Gasteiger partial charge < -0.3 is 0 Å². The summed E-state index contributed by atoms with van der Waals surface area (Å²) in [5, 5.41) is 0.865. The fourth-order valence-corrected chi connectivity index (χ4v) is 2.13. The molecule has 0 bridgehead atoms. The number of rotatable bonds is 0. The second kappa shape index (κ2) is 3.15. The Hall–Kier alpha value is -1.68. The first kappa shape index (κ1) is 9.54. The molecule has 0 N–H and O–H groups in total. The van der Waals surface area contributed by atoms with E-state index in [-0.39, 0.29) is 11.5 Å². The lowest BCUT2D eigenvalue weighted by molar-refractivity contribution is 0.0920. The summed E-state index contributed by atoms with van der Waals surface area (Å²) in [6.07, 6.45) is 0.888. The Morgan fingerprint density at radius 3 is 2.88 bits per heavy atom. The summed E-state index contributed by atoms with van der Waals surface area (Å²) in [4.78, 5) is 27.8. The Bertz CT molecular complexity index is 675. The number of fused-ring (bicyclic) bond motifs is 2. The number of nitrogens with zero attached hydrogens (tertiary/aromatic N) is 2. The Kier molecular flexibility index (Phi) is 1.88. The number of aromatic nitrogens is 2. The largest absolute Gasteiger partial charge is 0.274 e. The molecule has 0 saturated heterocycles. The molecular weight excluding hydrogens is 228 g/mol. The van der Waals surface area contributed by atoms with Crippen LogP contribution in [0, 0.1) is 0 Å². The smallest absolute Gasteiger partial charge is 0.268 e. The molecule has 1 aliphatic rings. The molecule has 1 aromatic carbocycles. The molecule has 0 aliphatic carbocycles. The molecule has 0 fully saturated rings. The van der Waals surface area contributed by atoms with Crippen LogP contribution in [-0.4, -0.2) is 15.5 Å². The van der Waals surface area contributed by atoms with Crippen molar-refractivity contribution in [2.45, 2.75) is 12.8 Å². The summed E-state index contributed by atoms with van der Waals surface area (Å²) in [5.41, 5.74) is 0.278. The van der Waals surface area contributed by atoms with Gasteiger partial charge in [-0.15, -0.1) is 0 Å². The Morgan fingerprint density at radius 1 is 1.25 bits per heavy atom. The summed E-state index contributed by atoms with van der Waals surface area (Å²) < 4.78 is 1.15. The summed E-state index contributed by atoms with van der Waals surface area (Å²) in [6.45, 7) is 0. The van der Waals surface area contributed by atoms with E-state index in [0.29, 0.717) is 34.6 Å². The van der Waals surface area contributed by atoms with Crippen LogP contribution >= 0.6 is 11.6 Å². The number of carbonyl (C=O) groups is 1. The lowest BCUT2D eigenvalue weighted by Gasteiger charge is -2.03. The van der Waals surface area contributed by atoms with E-state index < -0.39 is 0 Å². The number of hydrogen-bond donors (Lipinski definition) is 0. The summed E-state index contributed by atoms with van der Waals surface area (Å²) in [5.74, 6) is 0.360.